The van der Waals surface area contributed by atoms with Gasteiger partial charge in [-0.3, -0.25) is 33.5 Å². The molecular weight excluding hydrogens is 626 g/mol. The van der Waals surface area contributed by atoms with E-state index in [4.69, 9.17) is 9.29 Å². The molecule has 0 radical (unpaired) electrons. The lowest BCUT2D eigenvalue weighted by molar-refractivity contribution is -0.322. The van der Waals surface area contributed by atoms with Gasteiger partial charge < -0.3 is 20.3 Å². The number of likely N-dealkylation sites (N-methyl/N-ethyl adjacent to an activating group) is 1. The highest BCUT2D eigenvalue weighted by Crippen LogP contribution is 2.48. The van der Waals surface area contributed by atoms with Crippen molar-refractivity contribution in [3.63, 3.8) is 0 Å². The summed E-state index contributed by atoms with van der Waals surface area (Å²) in [6, 6.07) is 4.84. The minimum atomic E-state index is -3.67. The third-order valence-corrected chi connectivity index (χ3v) is 10.2. The third kappa shape index (κ3) is 5.57. The molecule has 47 heavy (non-hydrogen) atoms. The molecular formula is C33H45N5O8S. The molecule has 1 aromatic heterocycles. The summed E-state index contributed by atoms with van der Waals surface area (Å²) in [7, 11) is -1.63. The molecule has 13 nitrogen and oxygen atoms in total. The Balaban J connectivity index is 0.000000720. The van der Waals surface area contributed by atoms with Gasteiger partial charge in [-0.2, -0.15) is 8.42 Å². The van der Waals surface area contributed by atoms with Crippen LogP contribution in [0.15, 0.2) is 30.5 Å². The molecule has 1 aromatic carbocycles. The van der Waals surface area contributed by atoms with Gasteiger partial charge in [0.05, 0.1) is 12.2 Å². The van der Waals surface area contributed by atoms with Gasteiger partial charge in [0.1, 0.15) is 12.1 Å². The Morgan fingerprint density at radius 2 is 1.91 bits per heavy atom. The summed E-state index contributed by atoms with van der Waals surface area (Å²) in [6.07, 6.45) is 7.34. The van der Waals surface area contributed by atoms with E-state index < -0.39 is 51.6 Å². The lowest BCUT2D eigenvalue weighted by Gasteiger charge is -2.49. The number of benzene rings is 1. The predicted molar refractivity (Wildman–Crippen MR) is 174 cm³/mol. The first-order chi connectivity index (χ1) is 22.0. The number of fused-ring (bicyclic) bond motifs is 5. The molecule has 3 saturated heterocycles. The molecule has 4 aliphatic heterocycles. The van der Waals surface area contributed by atoms with Crippen molar-refractivity contribution in [3.05, 3.63) is 41.6 Å². The molecule has 0 spiro atoms. The number of H-pyrrole nitrogens is 1. The highest BCUT2D eigenvalue weighted by atomic mass is 32.2. The molecule has 14 heteroatoms. The lowest BCUT2D eigenvalue weighted by atomic mass is 9.79. The van der Waals surface area contributed by atoms with Crippen molar-refractivity contribution in [3.8, 4) is 0 Å². The standard InChI is InChI=1S/C32H41N5O5.CH4O3S/c1-17(2)12-25-29(39)36-11-7-10-26(36)32(41)37(25)30(40)31(42-32,18(3)4)34-28(38)20-13-22-21-8-6-9-23-27(21)19(15-33-23)14-24(22)35(5)16-20;1-5(2,3)4/h6,8-9,13,15,17-18,20,24-26,33,41H,7,10-12,14,16H2,1-5H3,(H,34,38);1H3,(H,2,3,4)/t20-,24+,25-,26+,31-,32+;/m1./s1. The normalized spacial score (nSPS) is 31.8. The Morgan fingerprint density at radius 1 is 1.21 bits per heavy atom. The highest BCUT2D eigenvalue weighted by molar-refractivity contribution is 7.85. The Labute approximate surface area is 275 Å². The van der Waals surface area contributed by atoms with Crippen LogP contribution < -0.4 is 5.32 Å². The first-order valence-corrected chi connectivity index (χ1v) is 18.1. The van der Waals surface area contributed by atoms with E-state index in [2.05, 4.69) is 33.5 Å². The SMILES string of the molecule is CC(C)C[C@@H]1C(=O)N2CCC[C@H]2[C@]2(O)O[C@](NC(=O)[C@@H]3C=C4c5cccc6[nH]cc(c56)C[C@@H]4N(C)C3)(C(C)C)C(=O)N12.CS(=O)(=O)O. The zero-order chi connectivity index (χ0) is 34.2. The average molecular weight is 672 g/mol. The van der Waals surface area contributed by atoms with Crippen LogP contribution in [0.5, 0.6) is 0 Å². The molecule has 5 aliphatic rings. The molecule has 256 valence electrons. The second kappa shape index (κ2) is 11.7. The third-order valence-electron chi connectivity index (χ3n) is 10.2. The van der Waals surface area contributed by atoms with E-state index in [9.17, 15) is 27.9 Å². The van der Waals surface area contributed by atoms with E-state index >= 15 is 0 Å². The number of carbonyl (C=O) groups is 3. The minimum absolute atomic E-state index is 0.108. The minimum Gasteiger partial charge on any atom is -0.361 e. The molecule has 0 saturated carbocycles. The summed E-state index contributed by atoms with van der Waals surface area (Å²) in [5.74, 6) is -3.97. The Kier molecular flexibility index (Phi) is 8.36. The van der Waals surface area contributed by atoms with Crippen molar-refractivity contribution in [1.29, 1.82) is 0 Å². The fraction of sp³-hybridized carbons (Fsp3) is 0.606. The van der Waals surface area contributed by atoms with Gasteiger partial charge in [-0.1, -0.05) is 45.9 Å². The van der Waals surface area contributed by atoms with Crippen molar-refractivity contribution in [2.24, 2.45) is 17.8 Å². The number of rotatable bonds is 5. The number of nitrogens with one attached hydrogen (secondary N) is 2. The number of amides is 3. The Hall–Kier alpha value is -3.30. The van der Waals surface area contributed by atoms with Crippen LogP contribution in [0, 0.1) is 17.8 Å². The molecule has 1 aliphatic carbocycles. The summed E-state index contributed by atoms with van der Waals surface area (Å²) in [4.78, 5) is 50.7. The van der Waals surface area contributed by atoms with Gasteiger partial charge in [-0.05, 0) is 61.4 Å². The quantitative estimate of drug-likeness (QED) is 0.347. The predicted octanol–water partition coefficient (Wildman–Crippen LogP) is 1.93. The summed E-state index contributed by atoms with van der Waals surface area (Å²) in [5.41, 5.74) is 2.79. The molecule has 4 N–H and O–H groups in total. The highest BCUT2D eigenvalue weighted by Gasteiger charge is 2.72. The van der Waals surface area contributed by atoms with E-state index in [1.165, 1.54) is 15.8 Å². The largest absolute Gasteiger partial charge is 0.361 e. The second-order valence-electron chi connectivity index (χ2n) is 14.3. The second-order valence-corrected chi connectivity index (χ2v) is 15.8. The van der Waals surface area contributed by atoms with Crippen molar-refractivity contribution in [2.45, 2.75) is 83.1 Å². The topological polar surface area (TPSA) is 173 Å². The maximum absolute atomic E-state index is 14.4. The number of ether oxygens (including phenoxy) is 1. The number of carbonyl (C=O) groups excluding carboxylic acids is 3. The zero-order valence-electron chi connectivity index (χ0n) is 27.7. The van der Waals surface area contributed by atoms with E-state index in [1.807, 2.05) is 46.9 Å². The molecule has 0 unspecified atom stereocenters. The monoisotopic (exact) mass is 671 g/mol. The zero-order valence-corrected chi connectivity index (χ0v) is 28.5. The number of hydrogen-bond acceptors (Lipinski definition) is 8. The number of aromatic nitrogens is 1. The van der Waals surface area contributed by atoms with Crippen LogP contribution >= 0.6 is 0 Å². The van der Waals surface area contributed by atoms with Crippen LogP contribution in [0.3, 0.4) is 0 Å². The number of nitrogens with zero attached hydrogens (tertiary/aromatic N) is 3. The number of hydrogen-bond donors (Lipinski definition) is 4. The lowest BCUT2D eigenvalue weighted by Crippen LogP contribution is -2.71. The molecule has 7 rings (SSSR count). The maximum atomic E-state index is 14.4. The molecule has 0 bridgehead atoms. The molecule has 6 atom stereocenters. The fourth-order valence-corrected chi connectivity index (χ4v) is 8.10. The maximum Gasteiger partial charge on any atom is 0.281 e. The molecule has 5 heterocycles. The van der Waals surface area contributed by atoms with Crippen LogP contribution in [0.4, 0.5) is 0 Å². The van der Waals surface area contributed by atoms with Crippen LogP contribution in [0.1, 0.15) is 58.1 Å². The Morgan fingerprint density at radius 3 is 2.57 bits per heavy atom. The van der Waals surface area contributed by atoms with Gasteiger partial charge >= 0.3 is 0 Å². The van der Waals surface area contributed by atoms with Crippen molar-refractivity contribution >= 4 is 44.3 Å². The van der Waals surface area contributed by atoms with Gasteiger partial charge in [-0.15, -0.1) is 0 Å². The van der Waals surface area contributed by atoms with Crippen LogP contribution in [0.25, 0.3) is 16.5 Å². The van der Waals surface area contributed by atoms with Gasteiger partial charge in [0, 0.05) is 42.1 Å². The summed E-state index contributed by atoms with van der Waals surface area (Å²) >= 11 is 0. The van der Waals surface area contributed by atoms with E-state index in [-0.39, 0.29) is 23.8 Å². The average Bonchev–Trinajstić information content (AvgIpc) is 3.68. The first-order valence-electron chi connectivity index (χ1n) is 16.3. The summed E-state index contributed by atoms with van der Waals surface area (Å²) in [5, 5.41) is 16.3. The van der Waals surface area contributed by atoms with Gasteiger partial charge in [-0.25, -0.2) is 0 Å². The van der Waals surface area contributed by atoms with Crippen molar-refractivity contribution in [2.75, 3.05) is 26.4 Å². The molecule has 3 amide bonds. The van der Waals surface area contributed by atoms with Crippen molar-refractivity contribution < 1.29 is 37.2 Å². The summed E-state index contributed by atoms with van der Waals surface area (Å²) in [6.45, 7) is 8.60. The number of piperazine rings is 1. The van der Waals surface area contributed by atoms with E-state index in [0.29, 0.717) is 32.2 Å². The number of aliphatic hydroxyl groups is 1. The Bertz CT molecular complexity index is 1750. The van der Waals surface area contributed by atoms with E-state index in [0.717, 1.165) is 29.5 Å². The van der Waals surface area contributed by atoms with Crippen molar-refractivity contribution in [1.82, 2.24) is 25.0 Å². The van der Waals surface area contributed by atoms with E-state index in [1.54, 1.807) is 4.90 Å². The van der Waals surface area contributed by atoms with Gasteiger partial charge in [0.2, 0.25) is 17.5 Å². The molecule has 2 aromatic rings. The van der Waals surface area contributed by atoms with Crippen LogP contribution in [0.2, 0.25) is 0 Å². The fourth-order valence-electron chi connectivity index (χ4n) is 8.10. The summed E-state index contributed by atoms with van der Waals surface area (Å²) < 4.78 is 32.3. The van der Waals surface area contributed by atoms with Crippen LogP contribution in [-0.2, 0) is 35.7 Å². The van der Waals surface area contributed by atoms with Gasteiger partial charge in [0.15, 0.2) is 0 Å². The molecule has 3 fully saturated rings. The van der Waals surface area contributed by atoms with Crippen LogP contribution in [-0.4, -0.2) is 112 Å². The van der Waals surface area contributed by atoms with Gasteiger partial charge in [0.25, 0.3) is 21.9 Å². The first kappa shape index (κ1) is 33.6. The number of aromatic amines is 1. The smallest absolute Gasteiger partial charge is 0.281 e.